The highest BCUT2D eigenvalue weighted by molar-refractivity contribution is 7.91. The molecule has 0 heterocycles. The van der Waals surface area contributed by atoms with Crippen molar-refractivity contribution >= 4 is 21.4 Å². The Kier molecular flexibility index (Phi) is 8.07. The lowest BCUT2D eigenvalue weighted by Gasteiger charge is -2.13. The molecule has 1 aromatic carbocycles. The maximum Gasteiger partial charge on any atom is 0.150 e. The first-order valence-corrected chi connectivity index (χ1v) is 9.51. The lowest BCUT2D eigenvalue weighted by molar-refractivity contribution is 0.313. The van der Waals surface area contributed by atoms with Gasteiger partial charge in [0.05, 0.1) is 12.4 Å². The van der Waals surface area contributed by atoms with Gasteiger partial charge in [0.25, 0.3) is 0 Å². The molecule has 6 heteroatoms. The van der Waals surface area contributed by atoms with Gasteiger partial charge in [-0.3, -0.25) is 0 Å². The van der Waals surface area contributed by atoms with Gasteiger partial charge >= 0.3 is 0 Å². The van der Waals surface area contributed by atoms with Crippen LogP contribution in [0.5, 0.6) is 5.75 Å². The molecule has 0 saturated carbocycles. The van der Waals surface area contributed by atoms with Crippen LogP contribution >= 0.6 is 11.6 Å². The second kappa shape index (κ2) is 9.28. The van der Waals surface area contributed by atoms with E-state index >= 15 is 0 Å². The minimum absolute atomic E-state index is 0.160. The van der Waals surface area contributed by atoms with E-state index in [1.165, 1.54) is 0 Å². The molecule has 0 amide bonds. The summed E-state index contributed by atoms with van der Waals surface area (Å²) in [7, 11) is -2.93. The molecule has 0 atom stereocenters. The van der Waals surface area contributed by atoms with Gasteiger partial charge in [-0.1, -0.05) is 31.5 Å². The van der Waals surface area contributed by atoms with Crippen molar-refractivity contribution in [2.45, 2.75) is 33.2 Å². The zero-order chi connectivity index (χ0) is 15.7. The van der Waals surface area contributed by atoms with E-state index in [1.54, 1.807) is 6.92 Å². The summed E-state index contributed by atoms with van der Waals surface area (Å²) in [5.41, 5.74) is 0.922. The Bertz CT molecular complexity index is 532. The Morgan fingerprint density at radius 3 is 2.71 bits per heavy atom. The second-order valence-corrected chi connectivity index (χ2v) is 7.71. The Balaban J connectivity index is 2.56. The van der Waals surface area contributed by atoms with Crippen LogP contribution in [0.25, 0.3) is 0 Å². The summed E-state index contributed by atoms with van der Waals surface area (Å²) in [4.78, 5) is 0. The molecule has 0 aromatic heterocycles. The van der Waals surface area contributed by atoms with Gasteiger partial charge in [-0.05, 0) is 31.5 Å². The van der Waals surface area contributed by atoms with Crippen LogP contribution in [-0.4, -0.2) is 33.1 Å². The van der Waals surface area contributed by atoms with Gasteiger partial charge in [0.2, 0.25) is 0 Å². The summed E-state index contributed by atoms with van der Waals surface area (Å²) < 4.78 is 28.5. The monoisotopic (exact) mass is 333 g/mol. The summed E-state index contributed by atoms with van der Waals surface area (Å²) in [5, 5.41) is 3.96. The highest BCUT2D eigenvalue weighted by atomic mass is 35.5. The third-order valence-electron chi connectivity index (χ3n) is 3.10. The van der Waals surface area contributed by atoms with Gasteiger partial charge in [-0.25, -0.2) is 8.42 Å². The van der Waals surface area contributed by atoms with E-state index in [-0.39, 0.29) is 11.5 Å². The molecule has 0 bridgehead atoms. The fourth-order valence-electron chi connectivity index (χ4n) is 1.84. The molecule has 1 aromatic rings. The van der Waals surface area contributed by atoms with Gasteiger partial charge < -0.3 is 10.1 Å². The summed E-state index contributed by atoms with van der Waals surface area (Å²) >= 11 is 6.20. The standard InChI is InChI=1S/C15H24ClNO3S/c1-3-9-17-12-13-14(16)7-5-8-15(13)20-10-6-11-21(18,19)4-2/h5,7-8,17H,3-4,6,9-12H2,1-2H3. The minimum Gasteiger partial charge on any atom is -0.493 e. The molecule has 0 radical (unpaired) electrons. The van der Waals surface area contributed by atoms with Crippen LogP contribution in [-0.2, 0) is 16.4 Å². The van der Waals surface area contributed by atoms with Crippen LogP contribution in [0.4, 0.5) is 0 Å². The number of hydrogen-bond acceptors (Lipinski definition) is 4. The smallest absolute Gasteiger partial charge is 0.150 e. The molecule has 0 spiro atoms. The first-order valence-electron chi connectivity index (χ1n) is 7.31. The van der Waals surface area contributed by atoms with E-state index in [0.717, 1.165) is 24.3 Å². The Labute approximate surface area is 132 Å². The summed E-state index contributed by atoms with van der Waals surface area (Å²) in [6.07, 6.45) is 1.54. The fraction of sp³-hybridized carbons (Fsp3) is 0.600. The highest BCUT2D eigenvalue weighted by Gasteiger charge is 2.10. The van der Waals surface area contributed by atoms with Crippen molar-refractivity contribution in [3.8, 4) is 5.75 Å². The number of rotatable bonds is 10. The third kappa shape index (κ3) is 6.68. The van der Waals surface area contributed by atoms with Gasteiger partial charge in [-0.15, -0.1) is 0 Å². The van der Waals surface area contributed by atoms with Crippen LogP contribution in [0, 0.1) is 0 Å². The first kappa shape index (κ1) is 18.3. The maximum atomic E-state index is 11.4. The maximum absolute atomic E-state index is 11.4. The third-order valence-corrected chi connectivity index (χ3v) is 5.25. The predicted molar refractivity (Wildman–Crippen MR) is 87.9 cm³/mol. The lowest BCUT2D eigenvalue weighted by Crippen LogP contribution is -2.16. The van der Waals surface area contributed by atoms with Crippen LogP contribution in [0.3, 0.4) is 0 Å². The molecule has 120 valence electrons. The topological polar surface area (TPSA) is 55.4 Å². The average Bonchev–Trinajstić information content (AvgIpc) is 2.46. The van der Waals surface area contributed by atoms with Crippen LogP contribution in [0.2, 0.25) is 5.02 Å². The zero-order valence-electron chi connectivity index (χ0n) is 12.7. The predicted octanol–water partition coefficient (Wildman–Crippen LogP) is 3.04. The second-order valence-electron chi connectivity index (χ2n) is 4.83. The van der Waals surface area contributed by atoms with E-state index < -0.39 is 9.84 Å². The zero-order valence-corrected chi connectivity index (χ0v) is 14.3. The fourth-order valence-corrected chi connectivity index (χ4v) is 2.92. The highest BCUT2D eigenvalue weighted by Crippen LogP contribution is 2.26. The number of benzene rings is 1. The number of nitrogens with one attached hydrogen (secondary N) is 1. The minimum atomic E-state index is -2.93. The number of sulfone groups is 1. The van der Waals surface area contributed by atoms with E-state index in [0.29, 0.717) is 24.6 Å². The Hall–Kier alpha value is -0.780. The molecule has 1 N–H and O–H groups in total. The number of hydrogen-bond donors (Lipinski definition) is 1. The first-order chi connectivity index (χ1) is 10.00. The molecule has 0 aliphatic carbocycles. The SMILES string of the molecule is CCCNCc1c(Cl)cccc1OCCCS(=O)(=O)CC. The molecule has 0 aliphatic heterocycles. The van der Waals surface area contributed by atoms with Crippen molar-refractivity contribution in [2.75, 3.05) is 24.7 Å². The molecule has 0 aliphatic rings. The van der Waals surface area contributed by atoms with Gasteiger partial charge in [-0.2, -0.15) is 0 Å². The van der Waals surface area contributed by atoms with Crippen molar-refractivity contribution < 1.29 is 13.2 Å². The Morgan fingerprint density at radius 1 is 1.29 bits per heavy atom. The van der Waals surface area contributed by atoms with Crippen molar-refractivity contribution in [1.29, 1.82) is 0 Å². The van der Waals surface area contributed by atoms with Crippen LogP contribution in [0.15, 0.2) is 18.2 Å². The van der Waals surface area contributed by atoms with Crippen LogP contribution < -0.4 is 10.1 Å². The van der Waals surface area contributed by atoms with Gasteiger partial charge in [0.1, 0.15) is 15.6 Å². The number of halogens is 1. The summed E-state index contributed by atoms with van der Waals surface area (Å²) in [5.74, 6) is 1.06. The van der Waals surface area contributed by atoms with Gasteiger partial charge in [0, 0.05) is 22.9 Å². The van der Waals surface area contributed by atoms with E-state index in [1.807, 2.05) is 18.2 Å². The quantitative estimate of drug-likeness (QED) is 0.669. The lowest BCUT2D eigenvalue weighted by atomic mass is 10.2. The largest absolute Gasteiger partial charge is 0.493 e. The molecular formula is C15H24ClNO3S. The van der Waals surface area contributed by atoms with Crippen LogP contribution in [0.1, 0.15) is 32.3 Å². The van der Waals surface area contributed by atoms with Crippen molar-refractivity contribution in [2.24, 2.45) is 0 Å². The molecule has 4 nitrogen and oxygen atoms in total. The molecule has 0 saturated heterocycles. The summed E-state index contributed by atoms with van der Waals surface area (Å²) in [6.45, 7) is 5.70. The molecule has 0 unspecified atom stereocenters. The normalized spacial score (nSPS) is 11.6. The molecular weight excluding hydrogens is 310 g/mol. The number of ether oxygens (including phenoxy) is 1. The van der Waals surface area contributed by atoms with E-state index in [4.69, 9.17) is 16.3 Å². The van der Waals surface area contributed by atoms with Crippen molar-refractivity contribution in [1.82, 2.24) is 5.32 Å². The van der Waals surface area contributed by atoms with Crippen molar-refractivity contribution in [3.05, 3.63) is 28.8 Å². The van der Waals surface area contributed by atoms with E-state index in [2.05, 4.69) is 12.2 Å². The molecule has 21 heavy (non-hydrogen) atoms. The van der Waals surface area contributed by atoms with Crippen molar-refractivity contribution in [3.63, 3.8) is 0 Å². The molecule has 1 rings (SSSR count). The van der Waals surface area contributed by atoms with Gasteiger partial charge in [0.15, 0.2) is 0 Å². The Morgan fingerprint density at radius 2 is 2.05 bits per heavy atom. The average molecular weight is 334 g/mol. The molecule has 0 fully saturated rings. The van der Waals surface area contributed by atoms with E-state index in [9.17, 15) is 8.42 Å². The summed E-state index contributed by atoms with van der Waals surface area (Å²) in [6, 6.07) is 5.53.